The minimum Gasteiger partial charge on any atom is -0.127 e. The molecule has 0 saturated carbocycles. The number of unbranched alkanes of at least 4 members (excludes halogenated alkanes) is 6. The van der Waals surface area contributed by atoms with Crippen LogP contribution < -0.4 is 0 Å². The second-order valence-electron chi connectivity index (χ2n) is 4.21. The molecule has 0 aliphatic carbocycles. The number of hydrogen-bond donors (Lipinski definition) is 0. The second-order valence-corrected chi connectivity index (χ2v) is 5.24. The maximum atomic E-state index is 5.61. The SMILES string of the molecule is CC(CBr)CCCCCCCCCCl. The van der Waals surface area contributed by atoms with Gasteiger partial charge in [0.15, 0.2) is 0 Å². The molecule has 0 aliphatic rings. The first-order valence-electron chi connectivity index (χ1n) is 5.93. The van der Waals surface area contributed by atoms with Crippen molar-refractivity contribution in [2.45, 2.75) is 58.3 Å². The molecule has 0 saturated heterocycles. The first-order valence-corrected chi connectivity index (χ1v) is 7.58. The molecule has 0 aromatic rings. The quantitative estimate of drug-likeness (QED) is 0.373. The summed E-state index contributed by atoms with van der Waals surface area (Å²) in [5.41, 5.74) is 0. The van der Waals surface area contributed by atoms with Gasteiger partial charge in [0.25, 0.3) is 0 Å². The molecule has 1 unspecified atom stereocenters. The molecule has 1 atom stereocenters. The summed E-state index contributed by atoms with van der Waals surface area (Å²) in [5.74, 6) is 1.69. The van der Waals surface area contributed by atoms with Crippen molar-refractivity contribution in [3.05, 3.63) is 0 Å². The van der Waals surface area contributed by atoms with Crippen LogP contribution in [-0.2, 0) is 0 Å². The molecule has 0 aliphatic heterocycles. The lowest BCUT2D eigenvalue weighted by atomic mass is 10.0. The Hall–Kier alpha value is 0.770. The lowest BCUT2D eigenvalue weighted by molar-refractivity contribution is 0.517. The molecule has 0 radical (unpaired) electrons. The van der Waals surface area contributed by atoms with E-state index in [1.165, 1.54) is 51.4 Å². The van der Waals surface area contributed by atoms with Gasteiger partial charge in [-0.1, -0.05) is 61.4 Å². The molecular formula is C12H24BrCl. The Kier molecular flexibility index (Phi) is 12.5. The van der Waals surface area contributed by atoms with E-state index in [1.54, 1.807) is 0 Å². The van der Waals surface area contributed by atoms with Crippen molar-refractivity contribution in [3.63, 3.8) is 0 Å². The van der Waals surface area contributed by atoms with Crippen LogP contribution in [0.4, 0.5) is 0 Å². The van der Waals surface area contributed by atoms with E-state index in [9.17, 15) is 0 Å². The highest BCUT2D eigenvalue weighted by Crippen LogP contribution is 2.13. The summed E-state index contributed by atoms with van der Waals surface area (Å²) in [6, 6.07) is 0. The largest absolute Gasteiger partial charge is 0.127 e. The zero-order valence-electron chi connectivity index (χ0n) is 9.40. The average Bonchev–Trinajstić information content (AvgIpc) is 2.21. The summed E-state index contributed by atoms with van der Waals surface area (Å²) < 4.78 is 0. The highest BCUT2D eigenvalue weighted by molar-refractivity contribution is 9.09. The van der Waals surface area contributed by atoms with E-state index in [-0.39, 0.29) is 0 Å². The maximum Gasteiger partial charge on any atom is 0.0223 e. The smallest absolute Gasteiger partial charge is 0.0223 e. The Balaban J connectivity index is 2.92. The molecule has 0 spiro atoms. The molecule has 0 rings (SSSR count). The molecule has 0 aromatic heterocycles. The van der Waals surface area contributed by atoms with Gasteiger partial charge in [-0.25, -0.2) is 0 Å². The normalized spacial score (nSPS) is 13.1. The summed E-state index contributed by atoms with van der Waals surface area (Å²) in [6.45, 7) is 2.31. The standard InChI is InChI=1S/C12H24BrCl/c1-12(11-13)9-7-5-3-2-4-6-8-10-14/h12H,2-11H2,1H3. The molecule has 14 heavy (non-hydrogen) atoms. The maximum absolute atomic E-state index is 5.61. The van der Waals surface area contributed by atoms with Gasteiger partial charge in [-0.2, -0.15) is 0 Å². The third-order valence-electron chi connectivity index (χ3n) is 2.59. The Morgan fingerprint density at radius 3 is 1.93 bits per heavy atom. The topological polar surface area (TPSA) is 0 Å². The molecule has 0 heterocycles. The molecule has 0 fully saturated rings. The molecule has 0 N–H and O–H groups in total. The Morgan fingerprint density at radius 2 is 1.43 bits per heavy atom. The fraction of sp³-hybridized carbons (Fsp3) is 1.00. The molecule has 86 valence electrons. The second kappa shape index (κ2) is 11.8. The van der Waals surface area contributed by atoms with Crippen LogP contribution in [-0.4, -0.2) is 11.2 Å². The first-order chi connectivity index (χ1) is 6.81. The zero-order chi connectivity index (χ0) is 10.6. The van der Waals surface area contributed by atoms with E-state index >= 15 is 0 Å². The summed E-state index contributed by atoms with van der Waals surface area (Å²) in [4.78, 5) is 0. The van der Waals surface area contributed by atoms with Gasteiger partial charge in [-0.3, -0.25) is 0 Å². The third kappa shape index (κ3) is 10.8. The Morgan fingerprint density at radius 1 is 0.929 bits per heavy atom. The predicted octanol–water partition coefficient (Wildman–Crippen LogP) is 5.38. The van der Waals surface area contributed by atoms with Gasteiger partial charge in [0.05, 0.1) is 0 Å². The lowest BCUT2D eigenvalue weighted by Gasteiger charge is -2.06. The van der Waals surface area contributed by atoms with E-state index in [1.807, 2.05) is 0 Å². The van der Waals surface area contributed by atoms with Gasteiger partial charge < -0.3 is 0 Å². The van der Waals surface area contributed by atoms with Gasteiger partial charge in [0, 0.05) is 11.2 Å². The molecule has 0 aromatic carbocycles. The summed E-state index contributed by atoms with van der Waals surface area (Å²) in [6.07, 6.45) is 10.9. The van der Waals surface area contributed by atoms with Gasteiger partial charge in [0.2, 0.25) is 0 Å². The Labute approximate surface area is 103 Å². The molecule has 2 heteroatoms. The zero-order valence-corrected chi connectivity index (χ0v) is 11.7. The average molecular weight is 284 g/mol. The van der Waals surface area contributed by atoms with Crippen LogP contribution in [0, 0.1) is 5.92 Å². The van der Waals surface area contributed by atoms with Crippen molar-refractivity contribution < 1.29 is 0 Å². The monoisotopic (exact) mass is 282 g/mol. The van der Waals surface area contributed by atoms with E-state index in [0.717, 1.165) is 17.1 Å². The van der Waals surface area contributed by atoms with E-state index < -0.39 is 0 Å². The van der Waals surface area contributed by atoms with Crippen molar-refractivity contribution >= 4 is 27.5 Å². The van der Waals surface area contributed by atoms with Crippen LogP contribution in [0.3, 0.4) is 0 Å². The number of halogens is 2. The predicted molar refractivity (Wildman–Crippen MR) is 70.6 cm³/mol. The fourth-order valence-corrected chi connectivity index (χ4v) is 2.06. The van der Waals surface area contributed by atoms with Crippen LogP contribution in [0.1, 0.15) is 58.3 Å². The van der Waals surface area contributed by atoms with Crippen LogP contribution in [0.5, 0.6) is 0 Å². The highest BCUT2D eigenvalue weighted by Gasteiger charge is 1.98. The number of rotatable bonds is 10. The van der Waals surface area contributed by atoms with Crippen LogP contribution in [0.2, 0.25) is 0 Å². The molecular weight excluding hydrogens is 259 g/mol. The molecule has 0 bridgehead atoms. The summed E-state index contributed by atoms with van der Waals surface area (Å²) in [7, 11) is 0. The number of hydrogen-bond acceptors (Lipinski definition) is 0. The van der Waals surface area contributed by atoms with E-state index in [0.29, 0.717) is 0 Å². The van der Waals surface area contributed by atoms with E-state index in [4.69, 9.17) is 11.6 Å². The van der Waals surface area contributed by atoms with Crippen molar-refractivity contribution in [1.82, 2.24) is 0 Å². The van der Waals surface area contributed by atoms with Gasteiger partial charge in [-0.05, 0) is 18.8 Å². The third-order valence-corrected chi connectivity index (χ3v) is 3.97. The van der Waals surface area contributed by atoms with Gasteiger partial charge in [-0.15, -0.1) is 11.6 Å². The van der Waals surface area contributed by atoms with Crippen molar-refractivity contribution in [2.75, 3.05) is 11.2 Å². The van der Waals surface area contributed by atoms with Crippen molar-refractivity contribution in [3.8, 4) is 0 Å². The summed E-state index contributed by atoms with van der Waals surface area (Å²) >= 11 is 9.12. The molecule has 0 amide bonds. The van der Waals surface area contributed by atoms with Gasteiger partial charge >= 0.3 is 0 Å². The minimum atomic E-state index is 0.836. The highest BCUT2D eigenvalue weighted by atomic mass is 79.9. The molecule has 0 nitrogen and oxygen atoms in total. The van der Waals surface area contributed by atoms with Crippen LogP contribution in [0.25, 0.3) is 0 Å². The lowest BCUT2D eigenvalue weighted by Crippen LogP contribution is -1.94. The van der Waals surface area contributed by atoms with Crippen LogP contribution in [0.15, 0.2) is 0 Å². The Bertz CT molecular complexity index is 106. The minimum absolute atomic E-state index is 0.836. The number of alkyl halides is 2. The van der Waals surface area contributed by atoms with Gasteiger partial charge in [0.1, 0.15) is 0 Å². The van der Waals surface area contributed by atoms with Crippen molar-refractivity contribution in [2.24, 2.45) is 5.92 Å². The van der Waals surface area contributed by atoms with Crippen molar-refractivity contribution in [1.29, 1.82) is 0 Å². The van der Waals surface area contributed by atoms with E-state index in [2.05, 4.69) is 22.9 Å². The first kappa shape index (κ1) is 14.8. The summed E-state index contributed by atoms with van der Waals surface area (Å²) in [5, 5.41) is 1.16. The fourth-order valence-electron chi connectivity index (χ4n) is 1.55. The van der Waals surface area contributed by atoms with Crippen LogP contribution >= 0.6 is 27.5 Å².